The van der Waals surface area contributed by atoms with Gasteiger partial charge in [-0.15, -0.1) is 0 Å². The fraction of sp³-hybridized carbons (Fsp3) is 0.918. The number of fused-ring (bicyclic) bond motifs is 5. The number of hydrogen-bond acceptors (Lipinski definition) is 20. The first-order valence-corrected chi connectivity index (χ1v) is 25.3. The number of esters is 2. The van der Waals surface area contributed by atoms with Gasteiger partial charge in [-0.25, -0.2) is 4.79 Å². The van der Waals surface area contributed by atoms with E-state index in [4.69, 9.17) is 47.4 Å². The molecule has 392 valence electrons. The summed E-state index contributed by atoms with van der Waals surface area (Å²) in [5.41, 5.74) is -1.01. The van der Waals surface area contributed by atoms with Gasteiger partial charge >= 0.3 is 11.9 Å². The maximum Gasteiger partial charge on any atom is 0.331 e. The van der Waals surface area contributed by atoms with E-state index in [-0.39, 0.29) is 61.1 Å². The highest BCUT2D eigenvalue weighted by atomic mass is 16.8. The topological polar surface area (TPSA) is 288 Å². The van der Waals surface area contributed by atoms with Gasteiger partial charge in [-0.05, 0) is 107 Å². The van der Waals surface area contributed by atoms with Crippen LogP contribution in [0.1, 0.15) is 112 Å². The van der Waals surface area contributed by atoms with Gasteiger partial charge in [0, 0.05) is 37.7 Å². The van der Waals surface area contributed by atoms with E-state index in [1.165, 1.54) is 6.92 Å². The number of aliphatic hydroxyl groups excluding tert-OH is 7. The Kier molecular flexibility index (Phi) is 15.1. The normalized spacial score (nSPS) is 53.3. The van der Waals surface area contributed by atoms with Gasteiger partial charge in [0.15, 0.2) is 25.2 Å². The van der Waals surface area contributed by atoms with Gasteiger partial charge in [0.05, 0.1) is 54.9 Å². The molecule has 0 aromatic carbocycles. The lowest BCUT2D eigenvalue weighted by atomic mass is 9.42. The minimum absolute atomic E-state index is 0.00421. The maximum atomic E-state index is 12.6. The molecule has 9 aliphatic rings. The molecule has 4 saturated heterocycles. The summed E-state index contributed by atoms with van der Waals surface area (Å²) in [5.74, 6) is -0.580. The van der Waals surface area contributed by atoms with E-state index in [9.17, 15) is 50.4 Å². The van der Waals surface area contributed by atoms with Crippen molar-refractivity contribution in [3.63, 3.8) is 0 Å². The molecule has 8 fully saturated rings. The van der Waals surface area contributed by atoms with Gasteiger partial charge in [-0.1, -0.05) is 13.8 Å². The molecule has 69 heavy (non-hydrogen) atoms. The van der Waals surface area contributed by atoms with Crippen LogP contribution in [0.4, 0.5) is 0 Å². The molecule has 0 spiro atoms. The smallest absolute Gasteiger partial charge is 0.331 e. The second-order valence-corrected chi connectivity index (χ2v) is 22.2. The molecule has 5 heterocycles. The highest BCUT2D eigenvalue weighted by Crippen LogP contribution is 2.70. The standard InChI is InChI=1S/C49H76O20/c1-21-43(67-38-17-32(53)44(22(2)62-38)68-39-18-33(64-24(4)51)45(23(3)63-39)69-46-42(58)41(57)40(56)34(19-50)66-46)31(52)16-37(61-21)65-27-9-11-47(5)26(14-27)7-8-29-30(47)15-35(54)48(6)28(10-12-49(29,48)59)25-13-36(55)60-20-25/h13,21-23,26-35,37-46,50,52-54,56-59H,7-12,14-20H2,1-6H3/t21-,22-,23-,26-,27-,28-,29-,30+,31-,32-,33-,34+,35+,37-,38-,39+,40+,41-,42+,43+,44+,45-,46-,47+,48+,49+/m1/s1. The van der Waals surface area contributed by atoms with Gasteiger partial charge in [0.25, 0.3) is 0 Å². The third-order valence-electron chi connectivity index (χ3n) is 18.4. The van der Waals surface area contributed by atoms with Gasteiger partial charge in [-0.3, -0.25) is 4.79 Å². The molecule has 0 aromatic rings. The van der Waals surface area contributed by atoms with Crippen LogP contribution in [0.3, 0.4) is 0 Å². The molecule has 4 saturated carbocycles. The Balaban J connectivity index is 0.752. The number of rotatable bonds is 11. The maximum absolute atomic E-state index is 12.6. The van der Waals surface area contributed by atoms with Gasteiger partial charge in [0.2, 0.25) is 0 Å². The fourth-order valence-corrected chi connectivity index (χ4v) is 14.6. The summed E-state index contributed by atoms with van der Waals surface area (Å²) in [6, 6.07) is 0. The number of hydrogen-bond donors (Lipinski definition) is 8. The predicted octanol–water partition coefficient (Wildman–Crippen LogP) is 0.613. The first-order chi connectivity index (χ1) is 32.6. The van der Waals surface area contributed by atoms with E-state index in [0.29, 0.717) is 25.2 Å². The van der Waals surface area contributed by atoms with Gasteiger partial charge in [0.1, 0.15) is 55.4 Å². The number of carbonyl (C=O) groups excluding carboxylic acids is 2. The first-order valence-electron chi connectivity index (χ1n) is 25.3. The van der Waals surface area contributed by atoms with Crippen LogP contribution in [-0.2, 0) is 57.0 Å². The second-order valence-electron chi connectivity index (χ2n) is 22.2. The predicted molar refractivity (Wildman–Crippen MR) is 235 cm³/mol. The lowest BCUT2D eigenvalue weighted by Crippen LogP contribution is -2.67. The van der Waals surface area contributed by atoms with Crippen LogP contribution in [0.25, 0.3) is 0 Å². The summed E-state index contributed by atoms with van der Waals surface area (Å²) in [4.78, 5) is 24.2. The summed E-state index contributed by atoms with van der Waals surface area (Å²) in [7, 11) is 0. The highest BCUT2D eigenvalue weighted by Gasteiger charge is 2.71. The van der Waals surface area contributed by atoms with E-state index >= 15 is 0 Å². The Morgan fingerprint density at radius 2 is 1.33 bits per heavy atom. The van der Waals surface area contributed by atoms with E-state index in [1.54, 1.807) is 26.8 Å². The lowest BCUT2D eigenvalue weighted by Gasteiger charge is -2.65. The molecule has 9 rings (SSSR count). The quantitative estimate of drug-likeness (QED) is 0.104. The molecule has 26 atom stereocenters. The van der Waals surface area contributed by atoms with Crippen LogP contribution in [0.2, 0.25) is 0 Å². The molecule has 8 N–H and O–H groups in total. The molecule has 20 heteroatoms. The van der Waals surface area contributed by atoms with E-state index in [0.717, 1.165) is 37.7 Å². The molecular weight excluding hydrogens is 909 g/mol. The van der Waals surface area contributed by atoms with Crippen molar-refractivity contribution in [1.82, 2.24) is 0 Å². The Hall–Kier alpha value is -1.96. The largest absolute Gasteiger partial charge is 0.459 e. The SMILES string of the molecule is CC(=O)O[C@@H]1C[C@H](O[C@@H]2[C@H](O)C[C@@H](O[C@@H]3[C@H](O)C[C@@H](O[C@@H]4CC[C@@]5(C)[C@H](CC[C@@H]6[C@@H]5C[C@H](O)[C@]5(C)[C@@H](C7=CC(=O)OC7)CC[C@]65O)C4)O[C@@H]3C)O[C@@H]2C)O[C@H](C)[C@H]1O[C@H]1O[C@@H](CO)[C@H](O)[C@@H](O)[C@@H]1O. The van der Waals surface area contributed by atoms with Crippen LogP contribution in [0.15, 0.2) is 11.6 Å². The summed E-state index contributed by atoms with van der Waals surface area (Å²) in [5, 5.41) is 88.1. The average molecular weight is 985 g/mol. The summed E-state index contributed by atoms with van der Waals surface area (Å²) >= 11 is 0. The van der Waals surface area contributed by atoms with E-state index in [2.05, 4.69) is 6.92 Å². The van der Waals surface area contributed by atoms with Crippen molar-refractivity contribution in [2.75, 3.05) is 13.2 Å². The summed E-state index contributed by atoms with van der Waals surface area (Å²) in [6.07, 6.45) is -11.1. The Bertz CT molecular complexity index is 1850. The molecule has 0 unspecified atom stereocenters. The van der Waals surface area contributed by atoms with Crippen molar-refractivity contribution in [2.24, 2.45) is 34.5 Å². The first kappa shape index (κ1) is 51.9. The van der Waals surface area contributed by atoms with Crippen LogP contribution < -0.4 is 0 Å². The number of aliphatic hydroxyl groups is 8. The van der Waals surface area contributed by atoms with Crippen LogP contribution in [0, 0.1) is 34.5 Å². The van der Waals surface area contributed by atoms with Crippen molar-refractivity contribution in [1.29, 1.82) is 0 Å². The molecule has 4 aliphatic carbocycles. The van der Waals surface area contributed by atoms with Crippen LogP contribution >= 0.6 is 0 Å². The zero-order valence-corrected chi connectivity index (χ0v) is 40.5. The molecular formula is C49H76O20. The minimum Gasteiger partial charge on any atom is -0.459 e. The number of carbonyl (C=O) groups is 2. The summed E-state index contributed by atoms with van der Waals surface area (Å²) < 4.78 is 60.1. The van der Waals surface area contributed by atoms with Gasteiger partial charge < -0.3 is 88.2 Å². The minimum atomic E-state index is -1.69. The monoisotopic (exact) mass is 984 g/mol. The average Bonchev–Trinajstić information content (AvgIpc) is 3.84. The Morgan fingerprint density at radius 1 is 0.710 bits per heavy atom. The molecule has 20 nitrogen and oxygen atoms in total. The van der Waals surface area contributed by atoms with Gasteiger partial charge in [-0.2, -0.15) is 0 Å². The third kappa shape index (κ3) is 9.48. The van der Waals surface area contributed by atoms with Crippen LogP contribution in [-0.4, -0.2) is 188 Å². The van der Waals surface area contributed by atoms with E-state index < -0.39 is 134 Å². The van der Waals surface area contributed by atoms with Crippen molar-refractivity contribution < 1.29 is 97.8 Å². The van der Waals surface area contributed by atoms with Crippen molar-refractivity contribution >= 4 is 11.9 Å². The number of ether oxygens (including phenoxy) is 10. The molecule has 0 radical (unpaired) electrons. The Labute approximate surface area is 402 Å². The van der Waals surface area contributed by atoms with Crippen molar-refractivity contribution in [3.05, 3.63) is 11.6 Å². The molecule has 0 bridgehead atoms. The fourth-order valence-electron chi connectivity index (χ4n) is 14.6. The zero-order chi connectivity index (χ0) is 49.5. The van der Waals surface area contributed by atoms with Crippen LogP contribution in [0.5, 0.6) is 0 Å². The highest BCUT2D eigenvalue weighted by molar-refractivity contribution is 5.85. The Morgan fingerprint density at radius 3 is 1.93 bits per heavy atom. The molecule has 5 aliphatic heterocycles. The second kappa shape index (κ2) is 20.0. The molecule has 0 amide bonds. The lowest BCUT2D eigenvalue weighted by molar-refractivity contribution is -0.355. The van der Waals surface area contributed by atoms with Crippen molar-refractivity contribution in [2.45, 2.75) is 234 Å². The summed E-state index contributed by atoms with van der Waals surface area (Å²) in [6.45, 7) is 10.3. The van der Waals surface area contributed by atoms with E-state index in [1.807, 2.05) is 6.92 Å². The molecule has 0 aromatic heterocycles. The number of cyclic esters (lactones) is 1. The van der Waals surface area contributed by atoms with Crippen molar-refractivity contribution in [3.8, 4) is 0 Å². The zero-order valence-electron chi connectivity index (χ0n) is 40.5. The third-order valence-corrected chi connectivity index (χ3v) is 18.4.